The van der Waals surface area contributed by atoms with Crippen molar-refractivity contribution >= 4 is 45.0 Å². The summed E-state index contributed by atoms with van der Waals surface area (Å²) < 4.78 is 22.7. The molecule has 0 saturated carbocycles. The third-order valence-corrected chi connectivity index (χ3v) is 6.85. The van der Waals surface area contributed by atoms with Gasteiger partial charge in [-0.25, -0.2) is 4.98 Å². The number of anilines is 1. The Morgan fingerprint density at radius 3 is 2.44 bits per heavy atom. The van der Waals surface area contributed by atoms with E-state index in [1.807, 2.05) is 30.3 Å². The summed E-state index contributed by atoms with van der Waals surface area (Å²) in [4.78, 5) is 22.4. The molecule has 0 unspecified atom stereocenters. The molecule has 1 aliphatic heterocycles. The molecule has 0 spiro atoms. The predicted octanol–water partition coefficient (Wildman–Crippen LogP) is 4.38. The van der Waals surface area contributed by atoms with Gasteiger partial charge in [0.2, 0.25) is 12.7 Å². The lowest BCUT2D eigenvalue weighted by Crippen LogP contribution is -2.39. The Kier molecular flexibility index (Phi) is 8.82. The Bertz CT molecular complexity index is 1090. The summed E-state index contributed by atoms with van der Waals surface area (Å²) in [7, 11) is 3.24. The number of carbonyl (C=O) groups is 1. The fraction of sp³-hybridized carbons (Fsp3) is 0.417. The number of nitrogens with zero attached hydrogens (tertiary/aromatic N) is 3. The van der Waals surface area contributed by atoms with E-state index >= 15 is 0 Å². The predicted molar refractivity (Wildman–Crippen MR) is 136 cm³/mol. The van der Waals surface area contributed by atoms with Gasteiger partial charge >= 0.3 is 0 Å². The molecule has 2 aromatic carbocycles. The summed E-state index contributed by atoms with van der Waals surface area (Å²) in [6.07, 6.45) is 0.235. The first-order valence-corrected chi connectivity index (χ1v) is 11.8. The molecule has 2 heterocycles. The number of fused-ring (bicyclic) bond motifs is 2. The van der Waals surface area contributed by atoms with Crippen molar-refractivity contribution in [3.8, 4) is 23.0 Å². The maximum Gasteiger partial charge on any atom is 0.233 e. The molecular formula is C24H30ClN3O5S. The number of amides is 1. The van der Waals surface area contributed by atoms with Crippen molar-refractivity contribution in [1.82, 2.24) is 9.88 Å². The quantitative estimate of drug-likeness (QED) is 0.403. The monoisotopic (exact) mass is 507 g/mol. The van der Waals surface area contributed by atoms with Gasteiger partial charge in [0, 0.05) is 13.1 Å². The number of ether oxygens (including phenoxy) is 4. The van der Waals surface area contributed by atoms with Crippen LogP contribution in [0.2, 0.25) is 0 Å². The van der Waals surface area contributed by atoms with E-state index in [1.165, 1.54) is 11.3 Å². The molecule has 0 bridgehead atoms. The number of methoxy groups -OCH3 is 2. The number of hydrogen-bond acceptors (Lipinski definition) is 8. The van der Waals surface area contributed by atoms with Crippen molar-refractivity contribution in [3.63, 3.8) is 0 Å². The second-order valence-electron chi connectivity index (χ2n) is 7.58. The minimum Gasteiger partial charge on any atom is -0.495 e. The molecular weight excluding hydrogens is 478 g/mol. The maximum absolute atomic E-state index is 13.5. The molecule has 0 fully saturated rings. The van der Waals surface area contributed by atoms with E-state index in [0.717, 1.165) is 29.9 Å². The molecule has 10 heteroatoms. The molecule has 0 saturated heterocycles. The van der Waals surface area contributed by atoms with E-state index in [9.17, 15) is 4.79 Å². The Balaban J connectivity index is 0.00000324. The number of halogens is 1. The number of likely N-dealkylation sites (N-methyl/N-ethyl adjacent to an activating group) is 1. The number of rotatable bonds is 10. The summed E-state index contributed by atoms with van der Waals surface area (Å²) in [5.74, 6) is 2.71. The minimum absolute atomic E-state index is 0. The third-order valence-electron chi connectivity index (χ3n) is 5.76. The van der Waals surface area contributed by atoms with Crippen LogP contribution in [0.4, 0.5) is 5.13 Å². The number of benzene rings is 2. The van der Waals surface area contributed by atoms with Crippen LogP contribution < -0.4 is 23.8 Å². The molecule has 34 heavy (non-hydrogen) atoms. The highest BCUT2D eigenvalue weighted by atomic mass is 35.5. The SMILES string of the molecule is CCN(CC)CCN(C(=O)Cc1ccc2c(c1)OCO2)c1nc2c(OC)ccc(OC)c2s1.Cl. The zero-order valence-corrected chi connectivity index (χ0v) is 21.5. The van der Waals surface area contributed by atoms with Gasteiger partial charge in [-0.15, -0.1) is 12.4 Å². The Hall–Kier alpha value is -2.75. The molecule has 0 radical (unpaired) electrons. The maximum atomic E-state index is 13.5. The van der Waals surface area contributed by atoms with Gasteiger partial charge in [-0.3, -0.25) is 9.69 Å². The molecule has 4 rings (SSSR count). The van der Waals surface area contributed by atoms with Gasteiger partial charge in [0.05, 0.1) is 20.6 Å². The fourth-order valence-corrected chi connectivity index (χ4v) is 4.94. The van der Waals surface area contributed by atoms with Gasteiger partial charge in [-0.1, -0.05) is 31.3 Å². The van der Waals surface area contributed by atoms with Crippen LogP contribution in [0.3, 0.4) is 0 Å². The van der Waals surface area contributed by atoms with Crippen molar-refractivity contribution in [2.45, 2.75) is 20.3 Å². The molecule has 3 aromatic rings. The summed E-state index contributed by atoms with van der Waals surface area (Å²) in [6, 6.07) is 9.31. The number of aromatic nitrogens is 1. The Morgan fingerprint density at radius 2 is 1.74 bits per heavy atom. The Morgan fingerprint density at radius 1 is 1.03 bits per heavy atom. The van der Waals surface area contributed by atoms with Crippen molar-refractivity contribution in [3.05, 3.63) is 35.9 Å². The van der Waals surface area contributed by atoms with Crippen LogP contribution in [-0.4, -0.2) is 63.0 Å². The van der Waals surface area contributed by atoms with Gasteiger partial charge in [0.1, 0.15) is 21.7 Å². The normalized spacial score (nSPS) is 12.0. The van der Waals surface area contributed by atoms with E-state index in [0.29, 0.717) is 40.2 Å². The van der Waals surface area contributed by atoms with E-state index in [1.54, 1.807) is 19.1 Å². The second-order valence-corrected chi connectivity index (χ2v) is 8.56. The first-order valence-electron chi connectivity index (χ1n) is 11.0. The molecule has 1 aromatic heterocycles. The van der Waals surface area contributed by atoms with Crippen LogP contribution in [0.5, 0.6) is 23.0 Å². The average Bonchev–Trinajstić information content (AvgIpc) is 3.48. The van der Waals surface area contributed by atoms with Crippen molar-refractivity contribution < 1.29 is 23.7 Å². The van der Waals surface area contributed by atoms with Gasteiger partial charge in [0.15, 0.2) is 16.6 Å². The van der Waals surface area contributed by atoms with Crippen molar-refractivity contribution in [1.29, 1.82) is 0 Å². The van der Waals surface area contributed by atoms with Gasteiger partial charge in [-0.05, 0) is 42.9 Å². The summed E-state index contributed by atoms with van der Waals surface area (Å²) in [6.45, 7) is 7.58. The average molecular weight is 508 g/mol. The van der Waals surface area contributed by atoms with Crippen LogP contribution in [0, 0.1) is 0 Å². The van der Waals surface area contributed by atoms with Crippen LogP contribution in [-0.2, 0) is 11.2 Å². The topological polar surface area (TPSA) is 73.4 Å². The third kappa shape index (κ3) is 5.32. The van der Waals surface area contributed by atoms with Crippen LogP contribution >= 0.6 is 23.7 Å². The second kappa shape index (κ2) is 11.6. The molecule has 0 atom stereocenters. The standard InChI is InChI=1S/C24H29N3O5S.ClH/c1-5-26(6-2)11-12-27(21(28)14-16-7-8-17-20(13-16)32-15-31-17)24-25-22-18(29-3)9-10-19(30-4)23(22)33-24;/h7-10,13H,5-6,11-12,14-15H2,1-4H3;1H. The van der Waals surface area contributed by atoms with Crippen LogP contribution in [0.25, 0.3) is 10.2 Å². The summed E-state index contributed by atoms with van der Waals surface area (Å²) in [5, 5.41) is 0.630. The van der Waals surface area contributed by atoms with Crippen molar-refractivity contribution in [2.24, 2.45) is 0 Å². The van der Waals surface area contributed by atoms with Crippen LogP contribution in [0.1, 0.15) is 19.4 Å². The fourth-order valence-electron chi connectivity index (χ4n) is 3.82. The van der Waals surface area contributed by atoms with E-state index in [2.05, 4.69) is 18.7 Å². The number of carbonyl (C=O) groups excluding carboxylic acids is 1. The highest BCUT2D eigenvalue weighted by Crippen LogP contribution is 2.40. The molecule has 1 amide bonds. The van der Waals surface area contributed by atoms with E-state index < -0.39 is 0 Å². The zero-order chi connectivity index (χ0) is 23.4. The zero-order valence-electron chi connectivity index (χ0n) is 19.8. The summed E-state index contributed by atoms with van der Waals surface area (Å²) in [5.41, 5.74) is 1.56. The lowest BCUT2D eigenvalue weighted by molar-refractivity contribution is -0.118. The highest BCUT2D eigenvalue weighted by molar-refractivity contribution is 7.22. The van der Waals surface area contributed by atoms with Gasteiger partial charge in [0.25, 0.3) is 0 Å². The lowest BCUT2D eigenvalue weighted by atomic mass is 10.1. The van der Waals surface area contributed by atoms with Crippen LogP contribution in [0.15, 0.2) is 30.3 Å². The van der Waals surface area contributed by atoms with Gasteiger partial charge in [-0.2, -0.15) is 0 Å². The molecule has 0 N–H and O–H groups in total. The smallest absolute Gasteiger partial charge is 0.233 e. The molecule has 8 nitrogen and oxygen atoms in total. The van der Waals surface area contributed by atoms with E-state index in [-0.39, 0.29) is 31.5 Å². The summed E-state index contributed by atoms with van der Waals surface area (Å²) >= 11 is 1.44. The molecule has 1 aliphatic rings. The molecule has 0 aliphatic carbocycles. The van der Waals surface area contributed by atoms with Gasteiger partial charge < -0.3 is 23.8 Å². The van der Waals surface area contributed by atoms with E-state index in [4.69, 9.17) is 23.9 Å². The number of thiazole rings is 1. The lowest BCUT2D eigenvalue weighted by Gasteiger charge is -2.24. The highest BCUT2D eigenvalue weighted by Gasteiger charge is 2.24. The first kappa shape index (κ1) is 25.9. The Labute approximate surface area is 209 Å². The first-order chi connectivity index (χ1) is 16.1. The largest absolute Gasteiger partial charge is 0.495 e. The van der Waals surface area contributed by atoms with Crippen molar-refractivity contribution in [2.75, 3.05) is 52.1 Å². The minimum atomic E-state index is -0.0296. The number of hydrogen-bond donors (Lipinski definition) is 0. The molecule has 184 valence electrons.